The Kier molecular flexibility index (Phi) is 10.1. The van der Waals surface area contributed by atoms with Gasteiger partial charge < -0.3 is 4.74 Å². The van der Waals surface area contributed by atoms with Gasteiger partial charge in [0.25, 0.3) is 0 Å². The van der Waals surface area contributed by atoms with E-state index in [0.29, 0.717) is 6.04 Å². The first-order chi connectivity index (χ1) is 6.85. The molecule has 3 heteroatoms. The summed E-state index contributed by atoms with van der Waals surface area (Å²) in [6, 6.07) is 0.379. The molecule has 0 radical (unpaired) electrons. The number of rotatable bonds is 9. The van der Waals surface area contributed by atoms with Crippen molar-refractivity contribution in [2.45, 2.75) is 45.1 Å². The summed E-state index contributed by atoms with van der Waals surface area (Å²) < 4.78 is 5.25. The van der Waals surface area contributed by atoms with Crippen LogP contribution in [0.5, 0.6) is 0 Å². The summed E-state index contributed by atoms with van der Waals surface area (Å²) in [5, 5.41) is 0. The van der Waals surface area contributed by atoms with Crippen molar-refractivity contribution in [3.05, 3.63) is 0 Å². The molecule has 0 aromatic heterocycles. The van der Waals surface area contributed by atoms with Gasteiger partial charge in [0.05, 0.1) is 0 Å². The Morgan fingerprint density at radius 3 is 2.71 bits per heavy atom. The second-order valence-electron chi connectivity index (χ2n) is 3.30. The van der Waals surface area contributed by atoms with Gasteiger partial charge >= 0.3 is 0 Å². The molecule has 0 aromatic carbocycles. The third kappa shape index (κ3) is 8.06. The fraction of sp³-hybridized carbons (Fsp3) is 0.818. The monoisotopic (exact) mass is 198 g/mol. The highest BCUT2D eigenvalue weighted by molar-refractivity contribution is 4.83. The van der Waals surface area contributed by atoms with Crippen molar-refractivity contribution >= 4 is 0 Å². The predicted molar refractivity (Wildman–Crippen MR) is 59.5 cm³/mol. The molecule has 0 rings (SSSR count). The van der Waals surface area contributed by atoms with Crippen LogP contribution < -0.4 is 11.3 Å². The Bertz CT molecular complexity index is 154. The lowest BCUT2D eigenvalue weighted by molar-refractivity contribution is 0.140. The normalized spacial score (nSPS) is 12.4. The number of ether oxygens (including phenoxy) is 1. The molecule has 0 aliphatic carbocycles. The fourth-order valence-electron chi connectivity index (χ4n) is 1.34. The maximum absolute atomic E-state index is 5.43. The molecule has 1 unspecified atom stereocenters. The number of terminal acetylenes is 1. The standard InChI is InChI=1S/C11H22N2O/c1-3-5-6-8-11(13-12)9-7-10-14-4-2/h1,11,13H,4-10,12H2,2H3. The highest BCUT2D eigenvalue weighted by atomic mass is 16.5. The number of nitrogens with one attached hydrogen (secondary N) is 1. The molecule has 1 atom stereocenters. The maximum atomic E-state index is 5.43. The van der Waals surface area contributed by atoms with Gasteiger partial charge in [-0.15, -0.1) is 12.3 Å². The summed E-state index contributed by atoms with van der Waals surface area (Å²) in [4.78, 5) is 0. The van der Waals surface area contributed by atoms with Crippen molar-refractivity contribution in [1.29, 1.82) is 0 Å². The van der Waals surface area contributed by atoms with E-state index < -0.39 is 0 Å². The van der Waals surface area contributed by atoms with Crippen LogP contribution in [0.3, 0.4) is 0 Å². The maximum Gasteiger partial charge on any atom is 0.0466 e. The summed E-state index contributed by atoms with van der Waals surface area (Å²) in [6.07, 6.45) is 10.2. The average molecular weight is 198 g/mol. The molecule has 0 aromatic rings. The third-order valence-corrected chi connectivity index (χ3v) is 2.15. The molecule has 0 heterocycles. The molecule has 0 amide bonds. The molecule has 14 heavy (non-hydrogen) atoms. The van der Waals surface area contributed by atoms with E-state index in [-0.39, 0.29) is 0 Å². The number of hydrogen-bond acceptors (Lipinski definition) is 3. The Labute approximate surface area is 87.4 Å². The number of unbranched alkanes of at least 4 members (excludes halogenated alkanes) is 1. The van der Waals surface area contributed by atoms with Gasteiger partial charge in [0, 0.05) is 25.7 Å². The molecule has 82 valence electrons. The first kappa shape index (κ1) is 13.4. The molecule has 0 aliphatic rings. The van der Waals surface area contributed by atoms with Crippen molar-refractivity contribution < 1.29 is 4.74 Å². The van der Waals surface area contributed by atoms with Crippen LogP contribution in [0.15, 0.2) is 0 Å². The zero-order chi connectivity index (χ0) is 10.6. The second kappa shape index (κ2) is 10.5. The summed E-state index contributed by atoms with van der Waals surface area (Å²) in [5.74, 6) is 8.06. The van der Waals surface area contributed by atoms with Gasteiger partial charge in [-0.05, 0) is 32.6 Å². The minimum atomic E-state index is 0.379. The Balaban J connectivity index is 3.34. The molecule has 0 saturated heterocycles. The first-order valence-corrected chi connectivity index (χ1v) is 5.32. The van der Waals surface area contributed by atoms with Crippen molar-refractivity contribution in [2.75, 3.05) is 13.2 Å². The van der Waals surface area contributed by atoms with Gasteiger partial charge in [-0.1, -0.05) is 0 Å². The minimum absolute atomic E-state index is 0.379. The van der Waals surface area contributed by atoms with E-state index in [2.05, 4.69) is 11.3 Å². The molecule has 3 N–H and O–H groups in total. The molecule has 0 saturated carbocycles. The zero-order valence-electron chi connectivity index (χ0n) is 9.09. The van der Waals surface area contributed by atoms with Gasteiger partial charge in [-0.25, -0.2) is 0 Å². The predicted octanol–water partition coefficient (Wildman–Crippen LogP) is 1.44. The molecular weight excluding hydrogens is 176 g/mol. The summed E-state index contributed by atoms with van der Waals surface area (Å²) in [5.41, 5.74) is 2.81. The van der Waals surface area contributed by atoms with Crippen LogP contribution in [0, 0.1) is 12.3 Å². The van der Waals surface area contributed by atoms with Gasteiger partial charge in [-0.3, -0.25) is 11.3 Å². The van der Waals surface area contributed by atoms with Crippen LogP contribution in [0.4, 0.5) is 0 Å². The largest absolute Gasteiger partial charge is 0.382 e. The van der Waals surface area contributed by atoms with Crippen LogP contribution in [-0.4, -0.2) is 19.3 Å². The van der Waals surface area contributed by atoms with E-state index in [1.807, 2.05) is 6.92 Å². The number of hydrogen-bond donors (Lipinski definition) is 2. The summed E-state index contributed by atoms with van der Waals surface area (Å²) >= 11 is 0. The Morgan fingerprint density at radius 2 is 2.14 bits per heavy atom. The lowest BCUT2D eigenvalue weighted by Gasteiger charge is -2.14. The van der Waals surface area contributed by atoms with E-state index in [1.54, 1.807) is 0 Å². The van der Waals surface area contributed by atoms with Crippen LogP contribution in [0.25, 0.3) is 0 Å². The quantitative estimate of drug-likeness (QED) is 0.255. The lowest BCUT2D eigenvalue weighted by atomic mass is 10.1. The Morgan fingerprint density at radius 1 is 1.43 bits per heavy atom. The van der Waals surface area contributed by atoms with Crippen LogP contribution in [0.1, 0.15) is 39.0 Å². The third-order valence-electron chi connectivity index (χ3n) is 2.15. The van der Waals surface area contributed by atoms with Gasteiger partial charge in [0.1, 0.15) is 0 Å². The first-order valence-electron chi connectivity index (χ1n) is 5.32. The molecule has 0 aliphatic heterocycles. The summed E-state index contributed by atoms with van der Waals surface area (Å²) in [7, 11) is 0. The zero-order valence-corrected chi connectivity index (χ0v) is 9.09. The van der Waals surface area contributed by atoms with Gasteiger partial charge in [-0.2, -0.15) is 0 Å². The molecular formula is C11H22N2O. The average Bonchev–Trinajstić information content (AvgIpc) is 2.22. The van der Waals surface area contributed by atoms with Crippen LogP contribution in [-0.2, 0) is 4.74 Å². The Hall–Kier alpha value is -0.560. The molecule has 0 bridgehead atoms. The van der Waals surface area contributed by atoms with E-state index >= 15 is 0 Å². The number of nitrogens with two attached hydrogens (primary N) is 1. The van der Waals surface area contributed by atoms with Gasteiger partial charge in [0.2, 0.25) is 0 Å². The lowest BCUT2D eigenvalue weighted by Crippen LogP contribution is -2.35. The van der Waals surface area contributed by atoms with Crippen molar-refractivity contribution in [2.24, 2.45) is 5.84 Å². The van der Waals surface area contributed by atoms with Crippen molar-refractivity contribution in [3.63, 3.8) is 0 Å². The molecule has 0 spiro atoms. The van der Waals surface area contributed by atoms with E-state index in [4.69, 9.17) is 17.0 Å². The summed E-state index contributed by atoms with van der Waals surface area (Å²) in [6.45, 7) is 3.62. The van der Waals surface area contributed by atoms with E-state index in [1.165, 1.54) is 0 Å². The second-order valence-corrected chi connectivity index (χ2v) is 3.30. The highest BCUT2D eigenvalue weighted by Crippen LogP contribution is 2.05. The molecule has 0 fully saturated rings. The van der Waals surface area contributed by atoms with Crippen molar-refractivity contribution in [3.8, 4) is 12.3 Å². The minimum Gasteiger partial charge on any atom is -0.382 e. The van der Waals surface area contributed by atoms with Gasteiger partial charge in [0.15, 0.2) is 0 Å². The number of hydrazine groups is 1. The van der Waals surface area contributed by atoms with Crippen LogP contribution >= 0.6 is 0 Å². The smallest absolute Gasteiger partial charge is 0.0466 e. The highest BCUT2D eigenvalue weighted by Gasteiger charge is 2.04. The fourth-order valence-corrected chi connectivity index (χ4v) is 1.34. The molecule has 3 nitrogen and oxygen atoms in total. The van der Waals surface area contributed by atoms with Crippen molar-refractivity contribution in [1.82, 2.24) is 5.43 Å². The van der Waals surface area contributed by atoms with E-state index in [9.17, 15) is 0 Å². The SMILES string of the molecule is C#CCCCC(CCCOCC)NN. The van der Waals surface area contributed by atoms with E-state index in [0.717, 1.165) is 45.3 Å². The topological polar surface area (TPSA) is 47.3 Å². The van der Waals surface area contributed by atoms with Crippen LogP contribution in [0.2, 0.25) is 0 Å².